The van der Waals surface area contributed by atoms with Gasteiger partial charge in [0.15, 0.2) is 0 Å². The molecule has 4 heteroatoms. The maximum atomic E-state index is 9.74. The lowest BCUT2D eigenvalue weighted by atomic mass is 9.95. The minimum atomic E-state index is -0.686. The van der Waals surface area contributed by atoms with Crippen molar-refractivity contribution in [2.24, 2.45) is 0 Å². The van der Waals surface area contributed by atoms with Crippen LogP contribution in [0.25, 0.3) is 0 Å². The van der Waals surface area contributed by atoms with Crippen LogP contribution in [0.3, 0.4) is 0 Å². The van der Waals surface area contributed by atoms with Gasteiger partial charge in [0, 0.05) is 13.1 Å². The minimum Gasteiger partial charge on any atom is -0.394 e. The molecule has 0 aromatic rings. The molecule has 0 saturated carbocycles. The number of rotatable bonds is 3. The zero-order chi connectivity index (χ0) is 9.90. The van der Waals surface area contributed by atoms with Crippen LogP contribution in [0.2, 0.25) is 0 Å². The van der Waals surface area contributed by atoms with Gasteiger partial charge in [-0.05, 0) is 26.3 Å². The van der Waals surface area contributed by atoms with Crippen LogP contribution in [0.5, 0.6) is 0 Å². The fourth-order valence-corrected chi connectivity index (χ4v) is 1.83. The predicted molar refractivity (Wildman–Crippen MR) is 49.4 cm³/mol. The van der Waals surface area contributed by atoms with Crippen molar-refractivity contribution in [2.45, 2.75) is 31.5 Å². The molecule has 1 aliphatic rings. The Labute approximate surface area is 78.8 Å². The molecule has 1 fully saturated rings. The Morgan fingerprint density at radius 3 is 2.77 bits per heavy atom. The summed E-state index contributed by atoms with van der Waals surface area (Å²) in [5.41, 5.74) is -0.632. The van der Waals surface area contributed by atoms with Crippen molar-refractivity contribution < 1.29 is 15.3 Å². The Hall–Kier alpha value is -0.160. The third kappa shape index (κ3) is 3.60. The van der Waals surface area contributed by atoms with Crippen molar-refractivity contribution >= 4 is 0 Å². The molecule has 3 N–H and O–H groups in total. The average molecular weight is 189 g/mol. The number of nitrogens with zero attached hydrogens (tertiary/aromatic N) is 1. The van der Waals surface area contributed by atoms with Crippen LogP contribution in [0.15, 0.2) is 0 Å². The summed E-state index contributed by atoms with van der Waals surface area (Å²) in [6.45, 7) is 3.53. The van der Waals surface area contributed by atoms with Crippen LogP contribution in [0.4, 0.5) is 0 Å². The van der Waals surface area contributed by atoms with E-state index in [0.717, 1.165) is 19.4 Å². The molecule has 78 valence electrons. The smallest absolute Gasteiger partial charge is 0.0897 e. The van der Waals surface area contributed by atoms with Crippen molar-refractivity contribution in [1.29, 1.82) is 0 Å². The van der Waals surface area contributed by atoms with Gasteiger partial charge in [-0.2, -0.15) is 0 Å². The van der Waals surface area contributed by atoms with E-state index in [1.807, 2.05) is 11.8 Å². The molecular formula is C9H19NO3. The summed E-state index contributed by atoms with van der Waals surface area (Å²) in [5, 5.41) is 27.6. The molecule has 2 unspecified atom stereocenters. The molecule has 0 radical (unpaired) electrons. The van der Waals surface area contributed by atoms with E-state index in [4.69, 9.17) is 5.11 Å². The molecule has 1 aliphatic heterocycles. The van der Waals surface area contributed by atoms with Gasteiger partial charge in [0.2, 0.25) is 0 Å². The normalized spacial score (nSPS) is 33.2. The second-order valence-electron chi connectivity index (χ2n) is 4.17. The van der Waals surface area contributed by atoms with Gasteiger partial charge in [-0.1, -0.05) is 0 Å². The summed E-state index contributed by atoms with van der Waals surface area (Å²) in [7, 11) is 0. The molecule has 0 spiro atoms. The van der Waals surface area contributed by atoms with Gasteiger partial charge >= 0.3 is 0 Å². The molecule has 1 heterocycles. The molecule has 0 bridgehead atoms. The zero-order valence-corrected chi connectivity index (χ0v) is 8.11. The van der Waals surface area contributed by atoms with Crippen LogP contribution in [-0.4, -0.2) is 58.2 Å². The second-order valence-corrected chi connectivity index (χ2v) is 4.17. The molecule has 1 saturated heterocycles. The average Bonchev–Trinajstić information content (AvgIpc) is 2.02. The van der Waals surface area contributed by atoms with E-state index in [1.54, 1.807) is 0 Å². The molecule has 1 rings (SSSR count). The first-order valence-electron chi connectivity index (χ1n) is 4.77. The highest BCUT2D eigenvalue weighted by molar-refractivity contribution is 4.83. The number of piperidine rings is 1. The Kier molecular flexibility index (Phi) is 3.67. The second kappa shape index (κ2) is 4.37. The van der Waals surface area contributed by atoms with Crippen molar-refractivity contribution in [3.63, 3.8) is 0 Å². The summed E-state index contributed by atoms with van der Waals surface area (Å²) in [4.78, 5) is 1.99. The van der Waals surface area contributed by atoms with Gasteiger partial charge in [0.25, 0.3) is 0 Å². The standard InChI is InChI=1S/C9H19NO3/c1-9(13)3-2-4-10(7-9)5-8(12)6-11/h8,11-13H,2-7H2,1H3. The van der Waals surface area contributed by atoms with Crippen molar-refractivity contribution in [3.8, 4) is 0 Å². The van der Waals surface area contributed by atoms with E-state index in [9.17, 15) is 10.2 Å². The van der Waals surface area contributed by atoms with E-state index in [-0.39, 0.29) is 6.61 Å². The SMILES string of the molecule is CC1(O)CCCN(CC(O)CO)C1. The minimum absolute atomic E-state index is 0.210. The van der Waals surface area contributed by atoms with Gasteiger partial charge < -0.3 is 15.3 Å². The van der Waals surface area contributed by atoms with E-state index in [0.29, 0.717) is 13.1 Å². The van der Waals surface area contributed by atoms with Crippen LogP contribution in [0, 0.1) is 0 Å². The van der Waals surface area contributed by atoms with E-state index in [2.05, 4.69) is 0 Å². The molecule has 4 nitrogen and oxygen atoms in total. The first-order chi connectivity index (χ1) is 6.03. The summed E-state index contributed by atoms with van der Waals surface area (Å²) in [6.07, 6.45) is 1.08. The largest absolute Gasteiger partial charge is 0.394 e. The van der Waals surface area contributed by atoms with Gasteiger partial charge in [0.05, 0.1) is 18.3 Å². The van der Waals surface area contributed by atoms with Crippen molar-refractivity contribution in [2.75, 3.05) is 26.2 Å². The molecule has 13 heavy (non-hydrogen) atoms. The molecule has 0 aliphatic carbocycles. The summed E-state index contributed by atoms with van der Waals surface area (Å²) in [5.74, 6) is 0. The monoisotopic (exact) mass is 189 g/mol. The Bertz CT molecular complexity index is 161. The van der Waals surface area contributed by atoms with Gasteiger partial charge in [-0.15, -0.1) is 0 Å². The topological polar surface area (TPSA) is 63.9 Å². The molecule has 2 atom stereocenters. The molecule has 0 amide bonds. The van der Waals surface area contributed by atoms with E-state index >= 15 is 0 Å². The van der Waals surface area contributed by atoms with Crippen LogP contribution in [0.1, 0.15) is 19.8 Å². The fourth-order valence-electron chi connectivity index (χ4n) is 1.83. The fraction of sp³-hybridized carbons (Fsp3) is 1.00. The van der Waals surface area contributed by atoms with E-state index in [1.165, 1.54) is 0 Å². The summed E-state index contributed by atoms with van der Waals surface area (Å²) in [6, 6.07) is 0. The first kappa shape index (κ1) is 10.9. The first-order valence-corrected chi connectivity index (χ1v) is 4.77. The van der Waals surface area contributed by atoms with Gasteiger partial charge in [-0.25, -0.2) is 0 Å². The summed E-state index contributed by atoms with van der Waals surface area (Å²) >= 11 is 0. The lowest BCUT2D eigenvalue weighted by molar-refractivity contribution is -0.0337. The number of aliphatic hydroxyl groups is 3. The quantitative estimate of drug-likeness (QED) is 0.543. The zero-order valence-electron chi connectivity index (χ0n) is 8.11. The number of likely N-dealkylation sites (tertiary alicyclic amines) is 1. The highest BCUT2D eigenvalue weighted by Gasteiger charge is 2.28. The van der Waals surface area contributed by atoms with Gasteiger partial charge in [-0.3, -0.25) is 4.90 Å². The van der Waals surface area contributed by atoms with Crippen LogP contribution < -0.4 is 0 Å². The van der Waals surface area contributed by atoms with Crippen LogP contribution >= 0.6 is 0 Å². The maximum Gasteiger partial charge on any atom is 0.0897 e. The highest BCUT2D eigenvalue weighted by atomic mass is 16.3. The lowest BCUT2D eigenvalue weighted by Gasteiger charge is -2.37. The summed E-state index contributed by atoms with van der Waals surface area (Å²) < 4.78 is 0. The Morgan fingerprint density at radius 1 is 1.54 bits per heavy atom. The van der Waals surface area contributed by atoms with E-state index < -0.39 is 11.7 Å². The third-order valence-electron chi connectivity index (χ3n) is 2.43. The Morgan fingerprint density at radius 2 is 2.23 bits per heavy atom. The number of aliphatic hydroxyl groups excluding tert-OH is 2. The Balaban J connectivity index is 2.34. The van der Waals surface area contributed by atoms with Crippen LogP contribution in [-0.2, 0) is 0 Å². The van der Waals surface area contributed by atoms with Gasteiger partial charge in [0.1, 0.15) is 0 Å². The maximum absolute atomic E-state index is 9.74. The predicted octanol–water partition coefficient (Wildman–Crippen LogP) is -0.814. The van der Waals surface area contributed by atoms with Crippen molar-refractivity contribution in [1.82, 2.24) is 4.90 Å². The van der Waals surface area contributed by atoms with Crippen molar-refractivity contribution in [3.05, 3.63) is 0 Å². The molecule has 0 aromatic carbocycles. The molecule has 0 aromatic heterocycles. The number of β-amino-alcohol motifs (C(OH)–C–C–N with tert-alkyl or cyclic N) is 2. The molecular weight excluding hydrogens is 170 g/mol. The number of hydrogen-bond acceptors (Lipinski definition) is 4. The highest BCUT2D eigenvalue weighted by Crippen LogP contribution is 2.19. The lowest BCUT2D eigenvalue weighted by Crippen LogP contribution is -2.48. The number of hydrogen-bond donors (Lipinski definition) is 3. The third-order valence-corrected chi connectivity index (χ3v) is 2.43.